The molecule has 0 bridgehead atoms. The number of hydrazine groups is 1. The van der Waals surface area contributed by atoms with Crippen LogP contribution in [0, 0.1) is 11.3 Å². The maximum atomic E-state index is 9.20. The summed E-state index contributed by atoms with van der Waals surface area (Å²) in [7, 11) is 0. The molecule has 1 aromatic carbocycles. The van der Waals surface area contributed by atoms with Gasteiger partial charge in [-0.05, 0) is 25.0 Å². The SMILES string of the molecule is N#Cc1cc2ccccc2nc1NN1CCCC1. The molecule has 3 rings (SSSR count). The second-order valence-electron chi connectivity index (χ2n) is 4.50. The number of fused-ring (bicyclic) bond motifs is 1. The first-order chi connectivity index (χ1) is 8.86. The van der Waals surface area contributed by atoms with E-state index in [0.29, 0.717) is 11.4 Å². The largest absolute Gasteiger partial charge is 0.302 e. The zero-order chi connectivity index (χ0) is 12.4. The molecule has 1 fully saturated rings. The van der Waals surface area contributed by atoms with Gasteiger partial charge in [0.1, 0.15) is 6.07 Å². The van der Waals surface area contributed by atoms with Crippen molar-refractivity contribution in [2.24, 2.45) is 0 Å². The summed E-state index contributed by atoms with van der Waals surface area (Å²) in [5, 5.41) is 12.3. The van der Waals surface area contributed by atoms with Crippen LogP contribution in [0.15, 0.2) is 30.3 Å². The Morgan fingerprint density at radius 3 is 2.78 bits per heavy atom. The van der Waals surface area contributed by atoms with Crippen LogP contribution in [0.1, 0.15) is 18.4 Å². The van der Waals surface area contributed by atoms with E-state index in [-0.39, 0.29) is 0 Å². The predicted molar refractivity (Wildman–Crippen MR) is 70.9 cm³/mol. The van der Waals surface area contributed by atoms with Crippen LogP contribution in [-0.4, -0.2) is 23.1 Å². The molecular weight excluding hydrogens is 224 g/mol. The minimum absolute atomic E-state index is 0.598. The fourth-order valence-corrected chi connectivity index (χ4v) is 2.27. The molecule has 1 aliphatic rings. The number of hydrogen-bond donors (Lipinski definition) is 1. The summed E-state index contributed by atoms with van der Waals surface area (Å²) < 4.78 is 0. The lowest BCUT2D eigenvalue weighted by Gasteiger charge is -2.18. The molecule has 1 N–H and O–H groups in total. The van der Waals surface area contributed by atoms with E-state index in [2.05, 4.69) is 21.5 Å². The van der Waals surface area contributed by atoms with Gasteiger partial charge in [0.2, 0.25) is 0 Å². The van der Waals surface area contributed by atoms with Crippen LogP contribution in [0.4, 0.5) is 5.82 Å². The second-order valence-corrected chi connectivity index (χ2v) is 4.50. The molecule has 2 aromatic rings. The lowest BCUT2D eigenvalue weighted by molar-refractivity contribution is 0.408. The van der Waals surface area contributed by atoms with Crippen LogP contribution in [0.3, 0.4) is 0 Å². The summed E-state index contributed by atoms with van der Waals surface area (Å²) in [6, 6.07) is 12.0. The first-order valence-corrected chi connectivity index (χ1v) is 6.18. The summed E-state index contributed by atoms with van der Waals surface area (Å²) in [4.78, 5) is 4.53. The molecular formula is C14H14N4. The van der Waals surface area contributed by atoms with Crippen LogP contribution in [-0.2, 0) is 0 Å². The third-order valence-corrected chi connectivity index (χ3v) is 3.21. The Morgan fingerprint density at radius 1 is 1.22 bits per heavy atom. The standard InChI is InChI=1S/C14H14N4/c15-10-12-9-11-5-1-2-6-13(11)16-14(12)17-18-7-3-4-8-18/h1-2,5-6,9H,3-4,7-8H2,(H,16,17). The zero-order valence-corrected chi connectivity index (χ0v) is 10.1. The summed E-state index contributed by atoms with van der Waals surface area (Å²) in [6.45, 7) is 2.03. The number of benzene rings is 1. The maximum absolute atomic E-state index is 9.20. The van der Waals surface area contributed by atoms with Gasteiger partial charge in [-0.1, -0.05) is 18.2 Å². The van der Waals surface area contributed by atoms with Gasteiger partial charge in [-0.25, -0.2) is 9.99 Å². The Morgan fingerprint density at radius 2 is 2.00 bits per heavy atom. The number of nitrogens with one attached hydrogen (secondary N) is 1. The van der Waals surface area contributed by atoms with E-state index in [0.717, 1.165) is 24.0 Å². The zero-order valence-electron chi connectivity index (χ0n) is 10.1. The Bertz CT molecular complexity index is 609. The van der Waals surface area contributed by atoms with Crippen molar-refractivity contribution in [1.82, 2.24) is 9.99 Å². The first kappa shape index (κ1) is 11.0. The summed E-state index contributed by atoms with van der Waals surface area (Å²) in [5.74, 6) is 0.665. The highest BCUT2D eigenvalue weighted by Gasteiger charge is 2.14. The Balaban J connectivity index is 2.01. The molecule has 0 saturated carbocycles. The van der Waals surface area contributed by atoms with Gasteiger partial charge in [0, 0.05) is 18.5 Å². The highest BCUT2D eigenvalue weighted by atomic mass is 15.5. The molecule has 2 heterocycles. The van der Waals surface area contributed by atoms with Gasteiger partial charge in [0.25, 0.3) is 0 Å². The van der Waals surface area contributed by atoms with Crippen molar-refractivity contribution in [3.8, 4) is 6.07 Å². The smallest absolute Gasteiger partial charge is 0.159 e. The average molecular weight is 238 g/mol. The Hall–Kier alpha value is -2.12. The van der Waals surface area contributed by atoms with Gasteiger partial charge >= 0.3 is 0 Å². The predicted octanol–water partition coefficient (Wildman–Crippen LogP) is 2.53. The van der Waals surface area contributed by atoms with Gasteiger partial charge in [-0.2, -0.15) is 5.26 Å². The highest BCUT2D eigenvalue weighted by molar-refractivity contribution is 5.82. The Kier molecular flexibility index (Phi) is 2.83. The van der Waals surface area contributed by atoms with E-state index in [1.807, 2.05) is 30.3 Å². The quantitative estimate of drug-likeness (QED) is 0.873. The number of nitriles is 1. The molecule has 0 amide bonds. The van der Waals surface area contributed by atoms with Gasteiger partial charge in [0.15, 0.2) is 5.82 Å². The van der Waals surface area contributed by atoms with Crippen molar-refractivity contribution in [2.75, 3.05) is 18.5 Å². The summed E-state index contributed by atoms with van der Waals surface area (Å²) in [5.41, 5.74) is 4.77. The minimum atomic E-state index is 0.598. The minimum Gasteiger partial charge on any atom is -0.302 e. The molecule has 4 nitrogen and oxygen atoms in total. The van der Waals surface area contributed by atoms with E-state index >= 15 is 0 Å². The van der Waals surface area contributed by atoms with Gasteiger partial charge in [-0.15, -0.1) is 0 Å². The van der Waals surface area contributed by atoms with Crippen LogP contribution in [0.5, 0.6) is 0 Å². The molecule has 0 radical (unpaired) electrons. The molecule has 0 aliphatic carbocycles. The van der Waals surface area contributed by atoms with Crippen molar-refractivity contribution in [1.29, 1.82) is 5.26 Å². The molecule has 90 valence electrons. The van der Waals surface area contributed by atoms with E-state index < -0.39 is 0 Å². The van der Waals surface area contributed by atoms with Crippen molar-refractivity contribution >= 4 is 16.7 Å². The van der Waals surface area contributed by atoms with Crippen molar-refractivity contribution in [3.63, 3.8) is 0 Å². The topological polar surface area (TPSA) is 52.0 Å². The molecule has 1 aliphatic heterocycles. The van der Waals surface area contributed by atoms with E-state index in [1.165, 1.54) is 12.8 Å². The molecule has 0 unspecified atom stereocenters. The van der Waals surface area contributed by atoms with E-state index in [9.17, 15) is 5.26 Å². The first-order valence-electron chi connectivity index (χ1n) is 6.18. The van der Waals surface area contributed by atoms with Gasteiger partial charge < -0.3 is 5.43 Å². The van der Waals surface area contributed by atoms with Gasteiger partial charge in [0.05, 0.1) is 11.1 Å². The summed E-state index contributed by atoms with van der Waals surface area (Å²) in [6.07, 6.45) is 2.39. The number of pyridine rings is 1. The number of para-hydroxylation sites is 1. The van der Waals surface area contributed by atoms with E-state index in [4.69, 9.17) is 0 Å². The van der Waals surface area contributed by atoms with Crippen molar-refractivity contribution < 1.29 is 0 Å². The second kappa shape index (κ2) is 4.63. The fraction of sp³-hybridized carbons (Fsp3) is 0.286. The Labute approximate surface area is 106 Å². The molecule has 4 heteroatoms. The van der Waals surface area contributed by atoms with Crippen molar-refractivity contribution in [3.05, 3.63) is 35.9 Å². The third kappa shape index (κ3) is 2.01. The maximum Gasteiger partial charge on any atom is 0.159 e. The van der Waals surface area contributed by atoms with Gasteiger partial charge in [-0.3, -0.25) is 0 Å². The normalized spacial score (nSPS) is 15.7. The average Bonchev–Trinajstić information content (AvgIpc) is 2.91. The lowest BCUT2D eigenvalue weighted by atomic mass is 10.1. The van der Waals surface area contributed by atoms with Crippen LogP contribution in [0.2, 0.25) is 0 Å². The molecule has 0 spiro atoms. The number of rotatable bonds is 2. The highest BCUT2D eigenvalue weighted by Crippen LogP contribution is 2.21. The van der Waals surface area contributed by atoms with Crippen LogP contribution in [0.25, 0.3) is 10.9 Å². The van der Waals surface area contributed by atoms with Crippen LogP contribution < -0.4 is 5.43 Å². The molecule has 18 heavy (non-hydrogen) atoms. The summed E-state index contributed by atoms with van der Waals surface area (Å²) >= 11 is 0. The van der Waals surface area contributed by atoms with Crippen LogP contribution >= 0.6 is 0 Å². The molecule has 1 aromatic heterocycles. The number of nitrogens with zero attached hydrogens (tertiary/aromatic N) is 3. The third-order valence-electron chi connectivity index (χ3n) is 3.21. The molecule has 0 atom stereocenters. The fourth-order valence-electron chi connectivity index (χ4n) is 2.27. The monoisotopic (exact) mass is 238 g/mol. The molecule has 1 saturated heterocycles. The van der Waals surface area contributed by atoms with Crippen molar-refractivity contribution in [2.45, 2.75) is 12.8 Å². The number of anilines is 1. The lowest BCUT2D eigenvalue weighted by Crippen LogP contribution is -2.27. The number of hydrogen-bond acceptors (Lipinski definition) is 4. The number of aromatic nitrogens is 1. The van der Waals surface area contributed by atoms with E-state index in [1.54, 1.807) is 0 Å².